The lowest BCUT2D eigenvalue weighted by molar-refractivity contribution is -0.114. The molecule has 0 aliphatic carbocycles. The number of aryl methyl sites for hydroxylation is 2. The molecule has 140 valence electrons. The zero-order valence-electron chi connectivity index (χ0n) is 16.0. The van der Waals surface area contributed by atoms with Crippen LogP contribution >= 0.6 is 0 Å². The molecule has 0 spiro atoms. The van der Waals surface area contributed by atoms with Gasteiger partial charge in [-0.05, 0) is 48.1 Å². The van der Waals surface area contributed by atoms with Crippen LogP contribution < -0.4 is 9.50 Å². The fourth-order valence-corrected chi connectivity index (χ4v) is 4.14. The molecule has 1 amide bonds. The average Bonchev–Trinajstić information content (AvgIpc) is 2.46. The number of hydrogen-bond acceptors (Lipinski definition) is 4. The van der Waals surface area contributed by atoms with Crippen molar-refractivity contribution in [3.05, 3.63) is 53.1 Å². The third-order valence-corrected chi connectivity index (χ3v) is 5.52. The highest BCUT2D eigenvalue weighted by molar-refractivity contribution is 7.87. The molecule has 0 aromatic heterocycles. The Morgan fingerprint density at radius 3 is 2.08 bits per heavy atom. The van der Waals surface area contributed by atoms with Gasteiger partial charge in [-0.3, -0.25) is 4.79 Å². The molecule has 1 N–H and O–H groups in total. The third kappa shape index (κ3) is 4.43. The van der Waals surface area contributed by atoms with Gasteiger partial charge in [0.2, 0.25) is 5.91 Å². The first-order valence-electron chi connectivity index (χ1n) is 8.34. The van der Waals surface area contributed by atoms with Crippen LogP contribution in [0.15, 0.2) is 41.3 Å². The topological polar surface area (TPSA) is 72.5 Å². The molecule has 0 saturated heterocycles. The number of carbonyl (C=O) groups is 1. The maximum absolute atomic E-state index is 12.9. The lowest BCUT2D eigenvalue weighted by atomic mass is 9.85. The van der Waals surface area contributed by atoms with E-state index in [1.807, 2.05) is 12.1 Å². The highest BCUT2D eigenvalue weighted by Crippen LogP contribution is 2.32. The van der Waals surface area contributed by atoms with Crippen molar-refractivity contribution < 1.29 is 17.4 Å². The SMILES string of the molecule is CC(=O)Nc1ccccc1OS(=O)(=O)c1c(C)cc(C(C)(C)C)cc1C. The zero-order chi connectivity index (χ0) is 19.7. The molecule has 0 unspecified atom stereocenters. The minimum absolute atomic E-state index is 0.0846. The van der Waals surface area contributed by atoms with Crippen LogP contribution in [0, 0.1) is 13.8 Å². The van der Waals surface area contributed by atoms with Gasteiger partial charge >= 0.3 is 10.1 Å². The summed E-state index contributed by atoms with van der Waals surface area (Å²) in [7, 11) is -4.05. The van der Waals surface area contributed by atoms with Crippen molar-refractivity contribution in [3.8, 4) is 5.75 Å². The number of hydrogen-bond donors (Lipinski definition) is 1. The summed E-state index contributed by atoms with van der Waals surface area (Å²) in [5.74, 6) is -0.221. The van der Waals surface area contributed by atoms with Crippen LogP contribution in [0.1, 0.15) is 44.4 Å². The third-order valence-electron chi connectivity index (χ3n) is 3.97. The van der Waals surface area contributed by atoms with Crippen LogP contribution in [0.3, 0.4) is 0 Å². The van der Waals surface area contributed by atoms with Crippen LogP contribution in [-0.2, 0) is 20.3 Å². The fourth-order valence-electron chi connectivity index (χ4n) is 2.77. The first-order valence-corrected chi connectivity index (χ1v) is 9.75. The van der Waals surface area contributed by atoms with E-state index >= 15 is 0 Å². The van der Waals surface area contributed by atoms with E-state index in [1.165, 1.54) is 13.0 Å². The summed E-state index contributed by atoms with van der Waals surface area (Å²) in [4.78, 5) is 11.5. The summed E-state index contributed by atoms with van der Waals surface area (Å²) in [6, 6.07) is 10.2. The molecule has 6 heteroatoms. The molecule has 0 bridgehead atoms. The molecule has 2 rings (SSSR count). The van der Waals surface area contributed by atoms with Gasteiger partial charge in [0.15, 0.2) is 5.75 Å². The molecule has 0 saturated carbocycles. The average molecular weight is 375 g/mol. The number of anilines is 1. The van der Waals surface area contributed by atoms with Gasteiger partial charge in [-0.25, -0.2) is 0 Å². The van der Waals surface area contributed by atoms with Crippen molar-refractivity contribution >= 4 is 21.7 Å². The lowest BCUT2D eigenvalue weighted by Gasteiger charge is -2.22. The Morgan fingerprint density at radius 2 is 1.58 bits per heavy atom. The zero-order valence-corrected chi connectivity index (χ0v) is 16.8. The van der Waals surface area contributed by atoms with Gasteiger partial charge < -0.3 is 9.50 Å². The smallest absolute Gasteiger partial charge is 0.339 e. The molecular weight excluding hydrogens is 350 g/mol. The normalized spacial score (nSPS) is 11.9. The van der Waals surface area contributed by atoms with E-state index in [2.05, 4.69) is 26.1 Å². The van der Waals surface area contributed by atoms with Gasteiger partial charge in [0, 0.05) is 6.92 Å². The summed E-state index contributed by atoms with van der Waals surface area (Å²) in [5.41, 5.74) is 2.55. The van der Waals surface area contributed by atoms with Gasteiger partial charge in [0.25, 0.3) is 0 Å². The first kappa shape index (κ1) is 20.0. The maximum Gasteiger partial charge on any atom is 0.339 e. The Kier molecular flexibility index (Phi) is 5.47. The van der Waals surface area contributed by atoms with Crippen molar-refractivity contribution in [2.24, 2.45) is 0 Å². The highest BCUT2D eigenvalue weighted by atomic mass is 32.2. The molecule has 0 radical (unpaired) electrons. The number of benzene rings is 2. The van der Waals surface area contributed by atoms with Gasteiger partial charge in [-0.1, -0.05) is 45.0 Å². The first-order chi connectivity index (χ1) is 11.9. The summed E-state index contributed by atoms with van der Waals surface area (Å²) in [6.45, 7) is 11.1. The molecular formula is C20H25NO4S. The number of para-hydroxylation sites is 2. The Bertz CT molecular complexity index is 918. The minimum atomic E-state index is -4.05. The Labute approximate surface area is 155 Å². The van der Waals surface area contributed by atoms with Crippen LogP contribution in [0.25, 0.3) is 0 Å². The van der Waals surface area contributed by atoms with Crippen molar-refractivity contribution in [1.29, 1.82) is 0 Å². The molecule has 0 aliphatic heterocycles. The van der Waals surface area contributed by atoms with Gasteiger partial charge in [0.05, 0.1) is 5.69 Å². The van der Waals surface area contributed by atoms with Crippen LogP contribution in [-0.4, -0.2) is 14.3 Å². The monoisotopic (exact) mass is 375 g/mol. The molecule has 0 heterocycles. The van der Waals surface area contributed by atoms with Gasteiger partial charge in [-0.2, -0.15) is 8.42 Å². The van der Waals surface area contributed by atoms with Gasteiger partial charge in [0.1, 0.15) is 4.90 Å². The van der Waals surface area contributed by atoms with Crippen LogP contribution in [0.4, 0.5) is 5.69 Å². The Morgan fingerprint density at radius 1 is 1.04 bits per heavy atom. The van der Waals surface area contributed by atoms with Gasteiger partial charge in [-0.15, -0.1) is 0 Å². The molecule has 5 nitrogen and oxygen atoms in total. The van der Waals surface area contributed by atoms with E-state index in [1.54, 1.807) is 32.0 Å². The number of amides is 1. The summed E-state index contributed by atoms with van der Waals surface area (Å²) in [5, 5.41) is 2.58. The number of carbonyl (C=O) groups excluding carboxylic acids is 1. The standard InChI is InChI=1S/C20H25NO4S/c1-13-11-16(20(4,5)6)12-14(2)19(13)26(23,24)25-18-10-8-7-9-17(18)21-15(3)22/h7-12H,1-6H3,(H,21,22). The Balaban J connectivity index is 2.49. The van der Waals surface area contributed by atoms with E-state index in [0.29, 0.717) is 16.8 Å². The Hall–Kier alpha value is -2.34. The minimum Gasteiger partial charge on any atom is -0.377 e. The summed E-state index contributed by atoms with van der Waals surface area (Å²) < 4.78 is 31.2. The maximum atomic E-state index is 12.9. The van der Waals surface area contributed by atoms with Crippen molar-refractivity contribution in [2.75, 3.05) is 5.32 Å². The predicted molar refractivity (Wildman–Crippen MR) is 103 cm³/mol. The second kappa shape index (κ2) is 7.11. The van der Waals surface area contributed by atoms with E-state index in [4.69, 9.17) is 4.18 Å². The second-order valence-electron chi connectivity index (χ2n) is 7.40. The molecule has 0 aliphatic rings. The molecule has 26 heavy (non-hydrogen) atoms. The summed E-state index contributed by atoms with van der Waals surface area (Å²) in [6.07, 6.45) is 0. The molecule has 0 fully saturated rings. The molecule has 2 aromatic carbocycles. The van der Waals surface area contributed by atoms with E-state index in [-0.39, 0.29) is 22.0 Å². The van der Waals surface area contributed by atoms with E-state index in [9.17, 15) is 13.2 Å². The van der Waals surface area contributed by atoms with E-state index in [0.717, 1.165) is 5.56 Å². The molecule has 0 atom stereocenters. The second-order valence-corrected chi connectivity index (χ2v) is 8.89. The van der Waals surface area contributed by atoms with Crippen LogP contribution in [0.5, 0.6) is 5.75 Å². The largest absolute Gasteiger partial charge is 0.377 e. The van der Waals surface area contributed by atoms with Crippen molar-refractivity contribution in [3.63, 3.8) is 0 Å². The predicted octanol–water partition coefficient (Wildman–Crippen LogP) is 4.33. The number of rotatable bonds is 4. The fraction of sp³-hybridized carbons (Fsp3) is 0.350. The highest BCUT2D eigenvalue weighted by Gasteiger charge is 2.25. The summed E-state index contributed by atoms with van der Waals surface area (Å²) >= 11 is 0. The molecule has 2 aromatic rings. The van der Waals surface area contributed by atoms with Crippen molar-refractivity contribution in [1.82, 2.24) is 0 Å². The van der Waals surface area contributed by atoms with Crippen LogP contribution in [0.2, 0.25) is 0 Å². The van der Waals surface area contributed by atoms with E-state index < -0.39 is 10.1 Å². The van der Waals surface area contributed by atoms with Crippen molar-refractivity contribution in [2.45, 2.75) is 51.9 Å². The number of nitrogens with one attached hydrogen (secondary N) is 1. The lowest BCUT2D eigenvalue weighted by Crippen LogP contribution is -2.17. The quantitative estimate of drug-likeness (QED) is 0.808.